The third-order valence-electron chi connectivity index (χ3n) is 4.78. The molecular formula is C19H26N4O3S. The molecule has 2 N–H and O–H groups in total. The van der Waals surface area contributed by atoms with Gasteiger partial charge in [0.1, 0.15) is 4.90 Å². The van der Waals surface area contributed by atoms with Crippen LogP contribution in [0.15, 0.2) is 35.4 Å². The lowest BCUT2D eigenvalue weighted by Crippen LogP contribution is -2.29. The van der Waals surface area contributed by atoms with E-state index in [2.05, 4.69) is 9.82 Å². The highest BCUT2D eigenvalue weighted by Crippen LogP contribution is 2.24. The predicted molar refractivity (Wildman–Crippen MR) is 105 cm³/mol. The van der Waals surface area contributed by atoms with E-state index < -0.39 is 16.1 Å². The van der Waals surface area contributed by atoms with E-state index in [9.17, 15) is 13.5 Å². The van der Waals surface area contributed by atoms with Crippen LogP contribution in [-0.4, -0.2) is 34.4 Å². The van der Waals surface area contributed by atoms with Gasteiger partial charge >= 0.3 is 0 Å². The molecule has 1 atom stereocenters. The number of aryl methyl sites for hydroxylation is 2. The van der Waals surface area contributed by atoms with E-state index >= 15 is 0 Å². The normalized spacial score (nSPS) is 13.6. The Balaban J connectivity index is 1.80. The van der Waals surface area contributed by atoms with Crippen molar-refractivity contribution in [2.24, 2.45) is 7.05 Å². The van der Waals surface area contributed by atoms with E-state index in [4.69, 9.17) is 0 Å². The van der Waals surface area contributed by atoms with Gasteiger partial charge < -0.3 is 9.67 Å². The maximum atomic E-state index is 12.8. The quantitative estimate of drug-likeness (QED) is 0.677. The van der Waals surface area contributed by atoms with Gasteiger partial charge in [0, 0.05) is 31.3 Å². The Hall–Kier alpha value is -2.16. The van der Waals surface area contributed by atoms with Crippen molar-refractivity contribution in [1.82, 2.24) is 19.1 Å². The summed E-state index contributed by atoms with van der Waals surface area (Å²) in [6.45, 7) is 7.22. The van der Waals surface area contributed by atoms with Crippen molar-refractivity contribution in [1.29, 1.82) is 0 Å². The minimum atomic E-state index is -3.77. The molecule has 1 aromatic carbocycles. The van der Waals surface area contributed by atoms with Gasteiger partial charge in [-0.25, -0.2) is 13.1 Å². The lowest BCUT2D eigenvalue weighted by molar-refractivity contribution is 0.182. The van der Waals surface area contributed by atoms with E-state index in [1.165, 1.54) is 0 Å². The van der Waals surface area contributed by atoms with Crippen LogP contribution in [0.4, 0.5) is 0 Å². The van der Waals surface area contributed by atoms with Crippen LogP contribution in [0.1, 0.15) is 42.9 Å². The number of benzene rings is 1. The number of fused-ring (bicyclic) bond motifs is 1. The van der Waals surface area contributed by atoms with E-state index in [0.29, 0.717) is 17.0 Å². The molecule has 7 nitrogen and oxygen atoms in total. The lowest BCUT2D eigenvalue weighted by Gasteiger charge is -2.14. The number of sulfonamides is 1. The van der Waals surface area contributed by atoms with Crippen molar-refractivity contribution >= 4 is 20.9 Å². The number of aliphatic hydroxyl groups excluding tert-OH is 1. The highest BCUT2D eigenvalue weighted by Gasteiger charge is 2.26. The Labute approximate surface area is 159 Å². The molecule has 0 saturated heterocycles. The molecule has 0 saturated carbocycles. The van der Waals surface area contributed by atoms with Gasteiger partial charge in [0.05, 0.1) is 17.5 Å². The third kappa shape index (κ3) is 3.65. The summed E-state index contributed by atoms with van der Waals surface area (Å²) in [7, 11) is -1.82. The first-order chi connectivity index (χ1) is 12.6. The van der Waals surface area contributed by atoms with Crippen molar-refractivity contribution in [3.8, 4) is 0 Å². The van der Waals surface area contributed by atoms with Gasteiger partial charge in [-0.15, -0.1) is 0 Å². The molecule has 0 fully saturated rings. The van der Waals surface area contributed by atoms with Crippen molar-refractivity contribution in [2.75, 3.05) is 6.54 Å². The smallest absolute Gasteiger partial charge is 0.244 e. The van der Waals surface area contributed by atoms with Crippen LogP contribution < -0.4 is 4.72 Å². The highest BCUT2D eigenvalue weighted by atomic mass is 32.2. The van der Waals surface area contributed by atoms with Gasteiger partial charge in [-0.1, -0.05) is 6.07 Å². The van der Waals surface area contributed by atoms with Crippen LogP contribution in [0.3, 0.4) is 0 Å². The fraction of sp³-hybridized carbons (Fsp3) is 0.421. The molecule has 2 aromatic heterocycles. The Morgan fingerprint density at radius 2 is 1.93 bits per heavy atom. The monoisotopic (exact) mass is 390 g/mol. The average Bonchev–Trinajstić information content (AvgIpc) is 3.12. The molecule has 0 aliphatic heterocycles. The number of nitrogens with one attached hydrogen (secondary N) is 1. The number of hydrogen-bond acceptors (Lipinski definition) is 4. The zero-order valence-electron chi connectivity index (χ0n) is 16.3. The number of aliphatic hydroxyl groups is 1. The van der Waals surface area contributed by atoms with E-state index in [0.717, 1.165) is 10.9 Å². The van der Waals surface area contributed by atoms with Crippen LogP contribution in [-0.2, 0) is 17.1 Å². The first kappa shape index (κ1) is 19.6. The van der Waals surface area contributed by atoms with E-state index in [-0.39, 0.29) is 17.5 Å². The van der Waals surface area contributed by atoms with Gasteiger partial charge in [-0.05, 0) is 56.8 Å². The van der Waals surface area contributed by atoms with Crippen molar-refractivity contribution in [3.05, 3.63) is 47.4 Å². The van der Waals surface area contributed by atoms with Gasteiger partial charge in [0.2, 0.25) is 10.0 Å². The molecule has 3 aromatic rings. The zero-order chi connectivity index (χ0) is 19.9. The standard InChI is InChI=1S/C19H26N4O3S/c1-12(2)23-14(4)19(13(3)21-23)27(25,26)20-11-18(24)16-6-7-17-15(10-16)8-9-22(17)5/h6-10,12,18,20,24H,11H2,1-5H3/t18-/m1/s1. The summed E-state index contributed by atoms with van der Waals surface area (Å²) in [4.78, 5) is 0.182. The number of hydrogen-bond donors (Lipinski definition) is 2. The summed E-state index contributed by atoms with van der Waals surface area (Å²) in [6, 6.07) is 7.64. The van der Waals surface area contributed by atoms with Crippen LogP contribution in [0.5, 0.6) is 0 Å². The Bertz CT molecular complexity index is 1080. The second kappa shape index (κ2) is 7.10. The summed E-state index contributed by atoms with van der Waals surface area (Å²) in [5.74, 6) is 0. The van der Waals surface area contributed by atoms with Gasteiger partial charge in [-0.3, -0.25) is 4.68 Å². The van der Waals surface area contributed by atoms with Gasteiger partial charge in [0.25, 0.3) is 0 Å². The summed E-state index contributed by atoms with van der Waals surface area (Å²) in [5.41, 5.74) is 2.77. The van der Waals surface area contributed by atoms with Gasteiger partial charge in [-0.2, -0.15) is 5.10 Å². The maximum absolute atomic E-state index is 12.8. The van der Waals surface area contributed by atoms with Crippen LogP contribution in [0.25, 0.3) is 10.9 Å². The second-order valence-corrected chi connectivity index (χ2v) is 8.85. The topological polar surface area (TPSA) is 89.2 Å². The summed E-state index contributed by atoms with van der Waals surface area (Å²) >= 11 is 0. The van der Waals surface area contributed by atoms with Crippen LogP contribution in [0, 0.1) is 13.8 Å². The molecule has 3 rings (SSSR count). The van der Waals surface area contributed by atoms with E-state index in [1.807, 2.05) is 55.9 Å². The van der Waals surface area contributed by atoms with Crippen LogP contribution in [0.2, 0.25) is 0 Å². The molecule has 0 bridgehead atoms. The minimum Gasteiger partial charge on any atom is -0.387 e. The van der Waals surface area contributed by atoms with E-state index in [1.54, 1.807) is 18.5 Å². The molecule has 8 heteroatoms. The number of aromatic nitrogens is 3. The van der Waals surface area contributed by atoms with Crippen molar-refractivity contribution in [3.63, 3.8) is 0 Å². The fourth-order valence-corrected chi connectivity index (χ4v) is 4.86. The zero-order valence-corrected chi connectivity index (χ0v) is 17.1. The fourth-order valence-electron chi connectivity index (χ4n) is 3.43. The molecule has 0 amide bonds. The van der Waals surface area contributed by atoms with Gasteiger partial charge in [0.15, 0.2) is 0 Å². The first-order valence-corrected chi connectivity index (χ1v) is 10.4. The SMILES string of the molecule is Cc1nn(C(C)C)c(C)c1S(=O)(=O)NC[C@@H](O)c1ccc2c(ccn2C)c1. The molecular weight excluding hydrogens is 364 g/mol. The molecule has 0 radical (unpaired) electrons. The summed E-state index contributed by atoms with van der Waals surface area (Å²) in [5, 5.41) is 15.8. The number of rotatable bonds is 6. The second-order valence-electron chi connectivity index (χ2n) is 7.15. The molecule has 146 valence electrons. The Kier molecular flexibility index (Phi) is 5.16. The maximum Gasteiger partial charge on any atom is 0.244 e. The largest absolute Gasteiger partial charge is 0.387 e. The molecule has 0 spiro atoms. The molecule has 27 heavy (non-hydrogen) atoms. The molecule has 0 aliphatic rings. The predicted octanol–water partition coefficient (Wildman–Crippen LogP) is 2.58. The molecule has 0 unspecified atom stereocenters. The molecule has 2 heterocycles. The first-order valence-electron chi connectivity index (χ1n) is 8.90. The molecule has 0 aliphatic carbocycles. The van der Waals surface area contributed by atoms with Crippen LogP contribution >= 0.6 is 0 Å². The number of nitrogens with zero attached hydrogens (tertiary/aromatic N) is 3. The van der Waals surface area contributed by atoms with Crippen molar-refractivity contribution in [2.45, 2.75) is 44.7 Å². The Morgan fingerprint density at radius 3 is 2.56 bits per heavy atom. The summed E-state index contributed by atoms with van der Waals surface area (Å²) in [6.07, 6.45) is 1.01. The highest BCUT2D eigenvalue weighted by molar-refractivity contribution is 7.89. The Morgan fingerprint density at radius 1 is 1.22 bits per heavy atom. The summed E-state index contributed by atoms with van der Waals surface area (Å²) < 4.78 is 31.8. The lowest BCUT2D eigenvalue weighted by atomic mass is 10.1. The van der Waals surface area contributed by atoms with Crippen molar-refractivity contribution < 1.29 is 13.5 Å². The minimum absolute atomic E-state index is 0.0656. The average molecular weight is 391 g/mol. The third-order valence-corrected chi connectivity index (χ3v) is 6.45.